The van der Waals surface area contributed by atoms with Crippen molar-refractivity contribution in [2.45, 2.75) is 19.4 Å². The van der Waals surface area contributed by atoms with Gasteiger partial charge in [0.25, 0.3) is 11.7 Å². The van der Waals surface area contributed by atoms with Crippen LogP contribution in [0.4, 0.5) is 0 Å². The van der Waals surface area contributed by atoms with Gasteiger partial charge >= 0.3 is 0 Å². The van der Waals surface area contributed by atoms with E-state index in [-0.39, 0.29) is 29.4 Å². The Kier molecular flexibility index (Phi) is 7.37. The number of ketones is 1. The van der Waals surface area contributed by atoms with Crippen molar-refractivity contribution in [1.82, 2.24) is 4.90 Å². The van der Waals surface area contributed by atoms with Crippen LogP contribution in [0.1, 0.15) is 30.5 Å². The molecule has 1 aliphatic rings. The van der Waals surface area contributed by atoms with Crippen molar-refractivity contribution in [1.29, 1.82) is 0 Å². The maximum absolute atomic E-state index is 13.0. The summed E-state index contributed by atoms with van der Waals surface area (Å²) in [7, 11) is 3.09. The van der Waals surface area contributed by atoms with Gasteiger partial charge < -0.3 is 29.3 Å². The van der Waals surface area contributed by atoms with Gasteiger partial charge in [0.2, 0.25) is 0 Å². The van der Waals surface area contributed by atoms with Crippen LogP contribution in [0, 0.1) is 0 Å². The molecule has 1 fully saturated rings. The molecule has 0 aliphatic carbocycles. The van der Waals surface area contributed by atoms with Gasteiger partial charge in [0.15, 0.2) is 11.5 Å². The number of phenols is 1. The Bertz CT molecular complexity index is 1010. The minimum absolute atomic E-state index is 0.0225. The third-order valence-corrected chi connectivity index (χ3v) is 5.25. The fourth-order valence-corrected chi connectivity index (χ4v) is 3.71. The van der Waals surface area contributed by atoms with Gasteiger partial charge in [-0.05, 0) is 55.3 Å². The minimum Gasteiger partial charge on any atom is -0.507 e. The summed E-state index contributed by atoms with van der Waals surface area (Å²) in [5.41, 5.74) is 0.901. The van der Waals surface area contributed by atoms with Crippen molar-refractivity contribution >= 4 is 17.4 Å². The molecule has 0 radical (unpaired) electrons. The maximum Gasteiger partial charge on any atom is 0.295 e. The molecule has 1 unspecified atom stereocenters. The van der Waals surface area contributed by atoms with E-state index < -0.39 is 17.7 Å². The number of ether oxygens (including phenoxy) is 3. The number of hydrogen-bond acceptors (Lipinski definition) is 7. The highest BCUT2D eigenvalue weighted by Gasteiger charge is 2.46. The first kappa shape index (κ1) is 23.1. The van der Waals surface area contributed by atoms with Crippen LogP contribution < -0.4 is 9.47 Å². The van der Waals surface area contributed by atoms with Crippen molar-refractivity contribution in [3.8, 4) is 17.2 Å². The molecule has 170 valence electrons. The lowest BCUT2D eigenvalue weighted by Crippen LogP contribution is -2.31. The maximum atomic E-state index is 13.0. The largest absolute Gasteiger partial charge is 0.507 e. The van der Waals surface area contributed by atoms with E-state index in [1.54, 1.807) is 50.4 Å². The van der Waals surface area contributed by atoms with Crippen LogP contribution >= 0.6 is 0 Å². The van der Waals surface area contributed by atoms with E-state index in [2.05, 4.69) is 0 Å². The number of aliphatic hydroxyl groups excluding tert-OH is 1. The summed E-state index contributed by atoms with van der Waals surface area (Å²) in [5, 5.41) is 21.1. The van der Waals surface area contributed by atoms with Crippen LogP contribution in [0.5, 0.6) is 17.2 Å². The molecule has 1 aliphatic heterocycles. The van der Waals surface area contributed by atoms with Crippen LogP contribution in [0.2, 0.25) is 0 Å². The molecule has 8 heteroatoms. The predicted octanol–water partition coefficient (Wildman–Crippen LogP) is 3.26. The van der Waals surface area contributed by atoms with Gasteiger partial charge in [-0.15, -0.1) is 0 Å². The number of phenolic OH excluding ortho intramolecular Hbond substituents is 1. The number of Topliss-reactive ketones (excluding diaryl/α,β-unsaturated/α-hetero) is 1. The summed E-state index contributed by atoms with van der Waals surface area (Å²) in [6.07, 6.45) is 0.513. The molecule has 0 aromatic heterocycles. The number of rotatable bonds is 9. The number of benzene rings is 2. The van der Waals surface area contributed by atoms with E-state index in [0.717, 1.165) is 0 Å². The lowest BCUT2D eigenvalue weighted by Gasteiger charge is -2.25. The van der Waals surface area contributed by atoms with Crippen molar-refractivity contribution in [2.24, 2.45) is 0 Å². The molecule has 0 saturated carbocycles. The smallest absolute Gasteiger partial charge is 0.295 e. The molecule has 1 heterocycles. The van der Waals surface area contributed by atoms with Crippen molar-refractivity contribution < 1.29 is 34.0 Å². The van der Waals surface area contributed by atoms with Crippen LogP contribution in [0.25, 0.3) is 5.76 Å². The molecule has 2 aromatic rings. The fraction of sp³-hybridized carbons (Fsp3) is 0.333. The predicted molar refractivity (Wildman–Crippen MR) is 118 cm³/mol. The van der Waals surface area contributed by atoms with E-state index in [0.29, 0.717) is 36.5 Å². The molecule has 3 rings (SSSR count). The van der Waals surface area contributed by atoms with Crippen molar-refractivity contribution in [3.63, 3.8) is 0 Å². The van der Waals surface area contributed by atoms with Gasteiger partial charge in [0.05, 0.1) is 25.3 Å². The molecule has 0 bridgehead atoms. The van der Waals surface area contributed by atoms with Crippen molar-refractivity contribution in [2.75, 3.05) is 34.0 Å². The third-order valence-electron chi connectivity index (χ3n) is 5.25. The topological polar surface area (TPSA) is 106 Å². The highest BCUT2D eigenvalue weighted by atomic mass is 16.5. The number of amides is 1. The summed E-state index contributed by atoms with van der Waals surface area (Å²) in [6, 6.07) is 10.4. The third kappa shape index (κ3) is 4.55. The Morgan fingerprint density at radius 1 is 1.09 bits per heavy atom. The summed E-state index contributed by atoms with van der Waals surface area (Å²) >= 11 is 0. The number of carbonyl (C=O) groups excluding carboxylic acids is 2. The monoisotopic (exact) mass is 441 g/mol. The second kappa shape index (κ2) is 10.2. The zero-order valence-electron chi connectivity index (χ0n) is 18.3. The molecule has 2 N–H and O–H groups in total. The minimum atomic E-state index is -0.839. The molecule has 8 nitrogen and oxygen atoms in total. The number of likely N-dealkylation sites (tertiary alicyclic amines) is 1. The zero-order chi connectivity index (χ0) is 23.3. The van der Waals surface area contributed by atoms with E-state index in [4.69, 9.17) is 14.2 Å². The quantitative estimate of drug-likeness (QED) is 0.266. The zero-order valence-corrected chi connectivity index (χ0v) is 18.3. The second-order valence-corrected chi connectivity index (χ2v) is 7.23. The molecule has 1 atom stereocenters. The number of carbonyl (C=O) groups is 2. The van der Waals surface area contributed by atoms with Gasteiger partial charge in [-0.25, -0.2) is 0 Å². The Labute approximate surface area is 186 Å². The highest BCUT2D eigenvalue weighted by molar-refractivity contribution is 6.46. The first-order valence-corrected chi connectivity index (χ1v) is 10.3. The van der Waals surface area contributed by atoms with E-state index in [9.17, 15) is 19.8 Å². The van der Waals surface area contributed by atoms with E-state index >= 15 is 0 Å². The fourth-order valence-electron chi connectivity index (χ4n) is 3.71. The number of aromatic hydroxyl groups is 1. The number of hydrogen-bond donors (Lipinski definition) is 2. The number of methoxy groups -OCH3 is 2. The number of nitrogens with zero attached hydrogens (tertiary/aromatic N) is 1. The van der Waals surface area contributed by atoms with Gasteiger partial charge in [-0.2, -0.15) is 0 Å². The molecule has 0 spiro atoms. The van der Waals surface area contributed by atoms with Gasteiger partial charge in [-0.3, -0.25) is 9.59 Å². The molecular formula is C24H27NO7. The van der Waals surface area contributed by atoms with Crippen molar-refractivity contribution in [3.05, 3.63) is 59.2 Å². The molecule has 2 aromatic carbocycles. The molecule has 1 amide bonds. The molecule has 32 heavy (non-hydrogen) atoms. The lowest BCUT2D eigenvalue weighted by atomic mass is 9.95. The highest BCUT2D eigenvalue weighted by Crippen LogP contribution is 2.42. The summed E-state index contributed by atoms with van der Waals surface area (Å²) in [6.45, 7) is 2.78. The molecular weight excluding hydrogens is 414 g/mol. The summed E-state index contributed by atoms with van der Waals surface area (Å²) in [4.78, 5) is 27.3. The summed E-state index contributed by atoms with van der Waals surface area (Å²) in [5.74, 6) is -0.979. The van der Waals surface area contributed by atoms with Gasteiger partial charge in [-0.1, -0.05) is 6.07 Å². The van der Waals surface area contributed by atoms with Gasteiger partial charge in [0, 0.05) is 25.8 Å². The van der Waals surface area contributed by atoms with Gasteiger partial charge in [0.1, 0.15) is 11.5 Å². The first-order valence-electron chi connectivity index (χ1n) is 10.3. The first-order chi connectivity index (χ1) is 15.4. The standard InChI is InChI=1S/C24H27NO7/c1-4-32-19-14-16(8-11-18(19)26)21-20(22(27)15-6-9-17(31-3)10-7-15)23(28)24(29)25(21)12-5-13-30-2/h6-11,14,21,26-27H,4-5,12-13H2,1-3H3. The lowest BCUT2D eigenvalue weighted by molar-refractivity contribution is -0.140. The summed E-state index contributed by atoms with van der Waals surface area (Å²) < 4.78 is 15.7. The average molecular weight is 441 g/mol. The Hall–Kier alpha value is -3.52. The van der Waals surface area contributed by atoms with E-state index in [1.165, 1.54) is 18.1 Å². The SMILES string of the molecule is CCOc1cc(C2C(=C(O)c3ccc(OC)cc3)C(=O)C(=O)N2CCCOC)ccc1O. The second-order valence-electron chi connectivity index (χ2n) is 7.23. The van der Waals surface area contributed by atoms with E-state index in [1.807, 2.05) is 0 Å². The van der Waals surface area contributed by atoms with Crippen LogP contribution in [0.3, 0.4) is 0 Å². The van der Waals surface area contributed by atoms with Crippen LogP contribution in [0.15, 0.2) is 48.0 Å². The molecule has 1 saturated heterocycles. The Balaban J connectivity index is 2.13. The van der Waals surface area contributed by atoms with Crippen LogP contribution in [-0.2, 0) is 14.3 Å². The van der Waals surface area contributed by atoms with Crippen LogP contribution in [-0.4, -0.2) is 60.8 Å². The average Bonchev–Trinajstić information content (AvgIpc) is 3.05. The normalized spacial score (nSPS) is 17.6. The Morgan fingerprint density at radius 3 is 2.44 bits per heavy atom. The Morgan fingerprint density at radius 2 is 1.81 bits per heavy atom. The number of aliphatic hydroxyl groups is 1.